The summed E-state index contributed by atoms with van der Waals surface area (Å²) in [4.78, 5) is 42.3. The van der Waals surface area contributed by atoms with Gasteiger partial charge in [-0.1, -0.05) is 0 Å². The molecule has 0 unspecified atom stereocenters. The summed E-state index contributed by atoms with van der Waals surface area (Å²) >= 11 is 1.21. The lowest BCUT2D eigenvalue weighted by Gasteiger charge is -2.39. The van der Waals surface area contributed by atoms with Crippen molar-refractivity contribution in [3.8, 4) is 0 Å². The van der Waals surface area contributed by atoms with E-state index in [1.54, 1.807) is 14.0 Å². The van der Waals surface area contributed by atoms with Crippen molar-refractivity contribution in [1.29, 1.82) is 0 Å². The van der Waals surface area contributed by atoms with Crippen molar-refractivity contribution < 1.29 is 22.7 Å². The van der Waals surface area contributed by atoms with Crippen LogP contribution in [0, 0.1) is 6.92 Å². The van der Waals surface area contributed by atoms with Crippen molar-refractivity contribution in [2.45, 2.75) is 64.3 Å². The summed E-state index contributed by atoms with van der Waals surface area (Å²) in [5, 5.41) is 3.42. The molecule has 1 aliphatic carbocycles. The molecule has 2 aromatic heterocycles. The van der Waals surface area contributed by atoms with E-state index in [9.17, 15) is 22.8 Å². The van der Waals surface area contributed by atoms with Gasteiger partial charge < -0.3 is 19.7 Å². The van der Waals surface area contributed by atoms with Gasteiger partial charge in [0.05, 0.1) is 24.9 Å². The van der Waals surface area contributed by atoms with Crippen molar-refractivity contribution in [2.24, 2.45) is 4.99 Å². The number of hydrogen-bond donors (Lipinski definition) is 1. The number of nitrogens with one attached hydrogen (secondary N) is 1. The van der Waals surface area contributed by atoms with Crippen molar-refractivity contribution in [3.63, 3.8) is 0 Å². The molecular formula is C22H30F3N5O4S. The van der Waals surface area contributed by atoms with Crippen LogP contribution in [-0.4, -0.2) is 59.9 Å². The van der Waals surface area contributed by atoms with E-state index in [1.807, 2.05) is 18.6 Å². The molecule has 1 saturated carbocycles. The molecule has 0 radical (unpaired) electrons. The maximum Gasteiger partial charge on any atom is 0.390 e. The first kappa shape index (κ1) is 26.9. The van der Waals surface area contributed by atoms with Gasteiger partial charge in [-0.15, -0.1) is 11.3 Å². The van der Waals surface area contributed by atoms with Gasteiger partial charge >= 0.3 is 11.9 Å². The standard InChI is InChI=1S/C21H28F3N5O3S.CH2O/c1-13-14(11-27-10-8-25-18(27)26-12-32-3)33-17-15(13)16(30)29(20(2)5-4-6-20)19(31)28(17)9-7-21(22,23)24;1-2/h4-12H2,1-3H3,(H,25,26);1H2. The summed E-state index contributed by atoms with van der Waals surface area (Å²) < 4.78 is 46.5. The average molecular weight is 518 g/mol. The first-order valence-electron chi connectivity index (χ1n) is 11.2. The topological polar surface area (TPSA) is 97.9 Å². The van der Waals surface area contributed by atoms with Crippen molar-refractivity contribution >= 4 is 34.3 Å². The summed E-state index contributed by atoms with van der Waals surface area (Å²) in [6, 6.07) is 0. The van der Waals surface area contributed by atoms with Crippen LogP contribution >= 0.6 is 11.3 Å². The number of carbonyl (C=O) groups excluding carboxylic acids is 1. The zero-order valence-corrected chi connectivity index (χ0v) is 20.9. The number of halogens is 3. The Labute approximate surface area is 204 Å². The molecule has 9 nitrogen and oxygen atoms in total. The van der Waals surface area contributed by atoms with Gasteiger partial charge in [0.2, 0.25) is 0 Å². The van der Waals surface area contributed by atoms with E-state index >= 15 is 0 Å². The minimum absolute atomic E-state index is 0.293. The zero-order chi connectivity index (χ0) is 26.0. The minimum atomic E-state index is -4.41. The summed E-state index contributed by atoms with van der Waals surface area (Å²) in [5.74, 6) is 0.669. The molecule has 4 rings (SSSR count). The number of methoxy groups -OCH3 is 1. The van der Waals surface area contributed by atoms with Crippen molar-refractivity contribution in [1.82, 2.24) is 19.4 Å². The Morgan fingerprint density at radius 2 is 1.94 bits per heavy atom. The van der Waals surface area contributed by atoms with E-state index in [0.717, 1.165) is 15.9 Å². The highest BCUT2D eigenvalue weighted by Crippen LogP contribution is 2.38. The fourth-order valence-corrected chi connectivity index (χ4v) is 5.81. The molecule has 0 atom stereocenters. The molecule has 13 heteroatoms. The summed E-state index contributed by atoms with van der Waals surface area (Å²) in [7, 11) is 1.57. The zero-order valence-electron chi connectivity index (χ0n) is 20.0. The van der Waals surface area contributed by atoms with E-state index in [0.29, 0.717) is 60.9 Å². The molecule has 1 N–H and O–H groups in total. The van der Waals surface area contributed by atoms with Crippen LogP contribution < -0.4 is 16.6 Å². The molecule has 0 spiro atoms. The number of rotatable bonds is 7. The lowest BCUT2D eigenvalue weighted by molar-refractivity contribution is -0.136. The predicted octanol–water partition coefficient (Wildman–Crippen LogP) is 2.56. The normalized spacial score (nSPS) is 17.1. The third-order valence-electron chi connectivity index (χ3n) is 6.54. The number of aryl methyl sites for hydroxylation is 2. The number of nitrogens with zero attached hydrogens (tertiary/aromatic N) is 4. The quantitative estimate of drug-likeness (QED) is 0.567. The molecule has 35 heavy (non-hydrogen) atoms. The number of thiophene rings is 1. The molecule has 1 aliphatic heterocycles. The highest BCUT2D eigenvalue weighted by molar-refractivity contribution is 7.18. The van der Waals surface area contributed by atoms with Crippen LogP contribution in [0.15, 0.2) is 14.6 Å². The van der Waals surface area contributed by atoms with E-state index in [2.05, 4.69) is 10.3 Å². The third-order valence-corrected chi connectivity index (χ3v) is 7.84. The number of hydrogen-bond acceptors (Lipinski definition) is 8. The molecular weight excluding hydrogens is 487 g/mol. The molecule has 0 bridgehead atoms. The maximum atomic E-state index is 13.5. The molecule has 194 valence electrons. The number of aliphatic imine (C=N–C) groups is 1. The Morgan fingerprint density at radius 3 is 2.51 bits per heavy atom. The number of fused-ring (bicyclic) bond motifs is 1. The lowest BCUT2D eigenvalue weighted by Crippen LogP contribution is -2.53. The van der Waals surface area contributed by atoms with Crippen LogP contribution in [0.4, 0.5) is 13.2 Å². The number of ether oxygens (including phenoxy) is 1. The van der Waals surface area contributed by atoms with Gasteiger partial charge in [0.15, 0.2) is 5.96 Å². The monoisotopic (exact) mass is 517 g/mol. The van der Waals surface area contributed by atoms with Crippen LogP contribution in [0.2, 0.25) is 0 Å². The Morgan fingerprint density at radius 1 is 1.26 bits per heavy atom. The summed E-state index contributed by atoms with van der Waals surface area (Å²) in [6.07, 6.45) is -3.35. The fraction of sp³-hybridized carbons (Fsp3) is 0.636. The predicted molar refractivity (Wildman–Crippen MR) is 128 cm³/mol. The van der Waals surface area contributed by atoms with Crippen LogP contribution in [-0.2, 0) is 28.2 Å². The molecule has 0 aromatic carbocycles. The second-order valence-corrected chi connectivity index (χ2v) is 9.94. The van der Waals surface area contributed by atoms with Gasteiger partial charge in [0, 0.05) is 30.6 Å². The highest BCUT2D eigenvalue weighted by atomic mass is 32.1. The van der Waals surface area contributed by atoms with Gasteiger partial charge in [-0.3, -0.25) is 18.9 Å². The summed E-state index contributed by atoms with van der Waals surface area (Å²) in [6.45, 7) is 7.13. The maximum absolute atomic E-state index is 13.5. The lowest BCUT2D eigenvalue weighted by atomic mass is 9.78. The average Bonchev–Trinajstić information content (AvgIpc) is 3.36. The Hall–Kier alpha value is -2.67. The molecule has 3 heterocycles. The highest BCUT2D eigenvalue weighted by Gasteiger charge is 2.38. The fourth-order valence-electron chi connectivity index (χ4n) is 4.48. The number of alkyl halides is 3. The summed E-state index contributed by atoms with van der Waals surface area (Å²) in [5.41, 5.74) is -1.02. The van der Waals surface area contributed by atoms with E-state index in [4.69, 9.17) is 9.53 Å². The minimum Gasteiger partial charge on any atom is -0.364 e. The van der Waals surface area contributed by atoms with Gasteiger partial charge in [-0.2, -0.15) is 13.2 Å². The SMILES string of the molecule is C=O.COCNC1=NCCN1Cc1sc2c(c1C)c(=O)n(C1(C)CCC1)c(=O)n2CCC(F)(F)F. The van der Waals surface area contributed by atoms with Gasteiger partial charge in [-0.05, 0) is 38.7 Å². The largest absolute Gasteiger partial charge is 0.390 e. The van der Waals surface area contributed by atoms with Crippen molar-refractivity contribution in [3.05, 3.63) is 31.3 Å². The molecule has 2 aromatic rings. The smallest absolute Gasteiger partial charge is 0.364 e. The number of guanidine groups is 1. The first-order chi connectivity index (χ1) is 16.6. The Bertz CT molecular complexity index is 1210. The Kier molecular flexibility index (Phi) is 8.10. The second-order valence-electron chi connectivity index (χ2n) is 8.86. The third kappa shape index (κ3) is 5.30. The molecule has 0 saturated heterocycles. The van der Waals surface area contributed by atoms with Crippen LogP contribution in [0.25, 0.3) is 10.2 Å². The van der Waals surface area contributed by atoms with Crippen molar-refractivity contribution in [2.75, 3.05) is 26.9 Å². The van der Waals surface area contributed by atoms with E-state index in [-0.39, 0.29) is 0 Å². The first-order valence-corrected chi connectivity index (χ1v) is 12.0. The van der Waals surface area contributed by atoms with E-state index in [1.165, 1.54) is 15.9 Å². The van der Waals surface area contributed by atoms with Crippen LogP contribution in [0.5, 0.6) is 0 Å². The molecule has 1 fully saturated rings. The number of aromatic nitrogens is 2. The second kappa shape index (κ2) is 10.5. The van der Waals surface area contributed by atoms with E-state index < -0.39 is 35.9 Å². The van der Waals surface area contributed by atoms with Crippen LogP contribution in [0.1, 0.15) is 43.0 Å². The molecule has 2 aliphatic rings. The Balaban J connectivity index is 0.00000167. The number of carbonyl (C=O) groups is 1. The molecule has 0 amide bonds. The van der Waals surface area contributed by atoms with Gasteiger partial charge in [0.25, 0.3) is 5.56 Å². The van der Waals surface area contributed by atoms with Crippen LogP contribution in [0.3, 0.4) is 0 Å². The van der Waals surface area contributed by atoms with Gasteiger partial charge in [0.1, 0.15) is 18.4 Å². The van der Waals surface area contributed by atoms with Gasteiger partial charge in [-0.25, -0.2) is 4.79 Å².